The minimum Gasteiger partial charge on any atom is -0.352 e. The predicted molar refractivity (Wildman–Crippen MR) is 106 cm³/mol. The fraction of sp³-hybridized carbons (Fsp3) is 0.0909. The number of benzene rings is 2. The number of carbonyl (C=O) groups excluding carboxylic acids is 2. The van der Waals surface area contributed by atoms with E-state index < -0.39 is 5.91 Å². The molecule has 1 heterocycles. The van der Waals surface area contributed by atoms with E-state index in [0.29, 0.717) is 23.2 Å². The Hall–Kier alpha value is -4.05. The summed E-state index contributed by atoms with van der Waals surface area (Å²) in [5.41, 5.74) is 1.87. The SMILES string of the molecule is N#Cc1ccc(NC(=O)c2cc(C(=O)NCCc3ccccc3F)ccn2)cc1. The summed E-state index contributed by atoms with van der Waals surface area (Å²) >= 11 is 0. The zero-order valence-electron chi connectivity index (χ0n) is 15.4. The lowest BCUT2D eigenvalue weighted by atomic mass is 10.1. The molecule has 0 aliphatic heterocycles. The summed E-state index contributed by atoms with van der Waals surface area (Å²) in [5.74, 6) is -1.17. The van der Waals surface area contributed by atoms with Crippen LogP contribution in [0.5, 0.6) is 0 Å². The molecule has 3 aromatic rings. The maximum Gasteiger partial charge on any atom is 0.274 e. The van der Waals surface area contributed by atoms with Crippen molar-refractivity contribution in [1.82, 2.24) is 10.3 Å². The number of nitriles is 1. The molecule has 29 heavy (non-hydrogen) atoms. The molecule has 2 amide bonds. The van der Waals surface area contributed by atoms with E-state index in [2.05, 4.69) is 15.6 Å². The lowest BCUT2D eigenvalue weighted by Gasteiger charge is -2.08. The zero-order chi connectivity index (χ0) is 20.6. The van der Waals surface area contributed by atoms with Crippen molar-refractivity contribution < 1.29 is 14.0 Å². The summed E-state index contributed by atoms with van der Waals surface area (Å²) in [7, 11) is 0. The van der Waals surface area contributed by atoms with Crippen molar-refractivity contribution in [2.45, 2.75) is 6.42 Å². The highest BCUT2D eigenvalue weighted by Crippen LogP contribution is 2.11. The van der Waals surface area contributed by atoms with Gasteiger partial charge in [-0.2, -0.15) is 5.26 Å². The van der Waals surface area contributed by atoms with Gasteiger partial charge in [0.15, 0.2) is 0 Å². The molecule has 0 saturated carbocycles. The second-order valence-corrected chi connectivity index (χ2v) is 6.17. The summed E-state index contributed by atoms with van der Waals surface area (Å²) in [6.45, 7) is 0.259. The number of pyridine rings is 1. The Bertz CT molecular complexity index is 1070. The van der Waals surface area contributed by atoms with Crippen molar-refractivity contribution in [3.05, 3.63) is 95.1 Å². The van der Waals surface area contributed by atoms with Crippen LogP contribution in [0.15, 0.2) is 66.9 Å². The third-order valence-corrected chi connectivity index (χ3v) is 4.16. The third-order valence-electron chi connectivity index (χ3n) is 4.16. The van der Waals surface area contributed by atoms with E-state index >= 15 is 0 Å². The van der Waals surface area contributed by atoms with Crippen LogP contribution in [-0.2, 0) is 6.42 Å². The van der Waals surface area contributed by atoms with Gasteiger partial charge in [-0.1, -0.05) is 18.2 Å². The first-order chi connectivity index (χ1) is 14.1. The Morgan fingerprint density at radius 3 is 2.52 bits per heavy atom. The van der Waals surface area contributed by atoms with Gasteiger partial charge in [-0.25, -0.2) is 4.39 Å². The number of anilines is 1. The fourth-order valence-corrected chi connectivity index (χ4v) is 2.63. The van der Waals surface area contributed by atoms with Gasteiger partial charge in [0, 0.05) is 24.0 Å². The van der Waals surface area contributed by atoms with Crippen LogP contribution in [0.3, 0.4) is 0 Å². The molecule has 144 valence electrons. The van der Waals surface area contributed by atoms with Gasteiger partial charge in [0.25, 0.3) is 11.8 Å². The largest absolute Gasteiger partial charge is 0.352 e. The molecular weight excluding hydrogens is 371 g/mol. The van der Waals surface area contributed by atoms with Gasteiger partial charge in [-0.15, -0.1) is 0 Å². The lowest BCUT2D eigenvalue weighted by Crippen LogP contribution is -2.26. The molecule has 0 atom stereocenters. The Morgan fingerprint density at radius 1 is 1.03 bits per heavy atom. The van der Waals surface area contributed by atoms with Crippen LogP contribution in [0.2, 0.25) is 0 Å². The van der Waals surface area contributed by atoms with Crippen LogP contribution in [0, 0.1) is 17.1 Å². The molecule has 3 rings (SSSR count). The van der Waals surface area contributed by atoms with Gasteiger partial charge in [0.05, 0.1) is 11.6 Å². The highest BCUT2D eigenvalue weighted by atomic mass is 19.1. The number of nitrogens with one attached hydrogen (secondary N) is 2. The summed E-state index contributed by atoms with van der Waals surface area (Å²) in [4.78, 5) is 28.7. The molecule has 2 aromatic carbocycles. The number of halogens is 1. The zero-order valence-corrected chi connectivity index (χ0v) is 15.4. The van der Waals surface area contributed by atoms with Crippen molar-refractivity contribution in [1.29, 1.82) is 5.26 Å². The Labute approximate surface area is 167 Å². The molecule has 0 unspecified atom stereocenters. The minimum atomic E-state index is -0.476. The van der Waals surface area contributed by atoms with E-state index in [4.69, 9.17) is 5.26 Å². The van der Waals surface area contributed by atoms with Gasteiger partial charge in [0.1, 0.15) is 11.5 Å². The second kappa shape index (κ2) is 9.24. The normalized spacial score (nSPS) is 10.1. The third kappa shape index (κ3) is 5.23. The molecule has 0 saturated heterocycles. The van der Waals surface area contributed by atoms with Crippen LogP contribution >= 0.6 is 0 Å². The molecule has 2 N–H and O–H groups in total. The van der Waals surface area contributed by atoms with E-state index in [1.54, 1.807) is 42.5 Å². The number of amides is 2. The maximum absolute atomic E-state index is 13.6. The van der Waals surface area contributed by atoms with Crippen molar-refractivity contribution >= 4 is 17.5 Å². The van der Waals surface area contributed by atoms with Gasteiger partial charge in [-0.05, 0) is 54.4 Å². The number of hydrogen-bond donors (Lipinski definition) is 2. The van der Waals surface area contributed by atoms with Crippen molar-refractivity contribution in [2.75, 3.05) is 11.9 Å². The van der Waals surface area contributed by atoms with Gasteiger partial charge in [0.2, 0.25) is 0 Å². The summed E-state index contributed by atoms with van der Waals surface area (Å²) < 4.78 is 13.6. The average molecular weight is 388 g/mol. The molecule has 0 aliphatic rings. The van der Waals surface area contributed by atoms with Crippen molar-refractivity contribution in [3.63, 3.8) is 0 Å². The van der Waals surface area contributed by atoms with Gasteiger partial charge in [-0.3, -0.25) is 14.6 Å². The first-order valence-electron chi connectivity index (χ1n) is 8.86. The fourth-order valence-electron chi connectivity index (χ4n) is 2.63. The van der Waals surface area contributed by atoms with Crippen LogP contribution in [0.1, 0.15) is 32.0 Å². The van der Waals surface area contributed by atoms with Crippen molar-refractivity contribution in [2.24, 2.45) is 0 Å². The van der Waals surface area contributed by atoms with E-state index in [0.717, 1.165) is 0 Å². The molecule has 7 heteroatoms. The first kappa shape index (κ1) is 19.7. The van der Waals surface area contributed by atoms with E-state index in [1.807, 2.05) is 6.07 Å². The van der Waals surface area contributed by atoms with Crippen molar-refractivity contribution in [3.8, 4) is 6.07 Å². The summed E-state index contributed by atoms with van der Waals surface area (Å²) in [6.07, 6.45) is 1.73. The second-order valence-electron chi connectivity index (χ2n) is 6.17. The Morgan fingerprint density at radius 2 is 1.79 bits per heavy atom. The number of hydrogen-bond acceptors (Lipinski definition) is 4. The highest BCUT2D eigenvalue weighted by Gasteiger charge is 2.12. The van der Waals surface area contributed by atoms with Gasteiger partial charge >= 0.3 is 0 Å². The number of rotatable bonds is 6. The van der Waals surface area contributed by atoms with Crippen LogP contribution in [0.4, 0.5) is 10.1 Å². The molecule has 0 bridgehead atoms. The molecule has 0 fully saturated rings. The van der Waals surface area contributed by atoms with Crippen LogP contribution in [-0.4, -0.2) is 23.3 Å². The average Bonchev–Trinajstić information content (AvgIpc) is 2.75. The number of carbonyl (C=O) groups is 2. The Balaban J connectivity index is 1.60. The predicted octanol–water partition coefficient (Wildman–Crippen LogP) is 3.32. The van der Waals surface area contributed by atoms with Crippen LogP contribution in [0.25, 0.3) is 0 Å². The van der Waals surface area contributed by atoms with E-state index in [9.17, 15) is 14.0 Å². The molecule has 0 radical (unpaired) electrons. The first-order valence-corrected chi connectivity index (χ1v) is 8.86. The maximum atomic E-state index is 13.6. The summed E-state index contributed by atoms with van der Waals surface area (Å²) in [6, 6.07) is 17.7. The topological polar surface area (TPSA) is 94.9 Å². The molecule has 6 nitrogen and oxygen atoms in total. The molecule has 1 aromatic heterocycles. The quantitative estimate of drug-likeness (QED) is 0.677. The smallest absolute Gasteiger partial charge is 0.274 e. The summed E-state index contributed by atoms with van der Waals surface area (Å²) in [5, 5.41) is 14.2. The van der Waals surface area contributed by atoms with Crippen LogP contribution < -0.4 is 10.6 Å². The monoisotopic (exact) mass is 388 g/mol. The van der Waals surface area contributed by atoms with Gasteiger partial charge < -0.3 is 10.6 Å². The molecular formula is C22H17FN4O2. The molecule has 0 aliphatic carbocycles. The van der Waals surface area contributed by atoms with E-state index in [-0.39, 0.29) is 29.5 Å². The number of nitrogens with zero attached hydrogens (tertiary/aromatic N) is 2. The lowest BCUT2D eigenvalue weighted by molar-refractivity contribution is 0.0954. The highest BCUT2D eigenvalue weighted by molar-refractivity contribution is 6.04. The van der Waals surface area contributed by atoms with E-state index in [1.165, 1.54) is 24.4 Å². The Kier molecular flexibility index (Phi) is 6.28. The molecule has 0 spiro atoms. The minimum absolute atomic E-state index is 0.0797. The standard InChI is InChI=1S/C22H17FN4O2/c23-19-4-2-1-3-16(19)9-12-26-21(28)17-10-11-25-20(13-17)22(29)27-18-7-5-15(14-24)6-8-18/h1-8,10-11,13H,9,12H2,(H,26,28)(H,27,29). The number of aromatic nitrogens is 1.